The number of hydrogen-bond donors (Lipinski definition) is 2. The highest BCUT2D eigenvalue weighted by Gasteiger charge is 2.38. The van der Waals surface area contributed by atoms with Crippen molar-refractivity contribution in [2.45, 2.75) is 32.5 Å². The van der Waals surface area contributed by atoms with Gasteiger partial charge in [-0.1, -0.05) is 6.07 Å². The van der Waals surface area contributed by atoms with Crippen molar-refractivity contribution in [2.24, 2.45) is 0 Å². The van der Waals surface area contributed by atoms with Crippen LogP contribution in [0.25, 0.3) is 32.1 Å². The number of carbonyl (C=O) groups is 1. The average molecular weight is 557 g/mol. The number of nitrogens with zero attached hydrogens (tertiary/aromatic N) is 2. The molecule has 0 radical (unpaired) electrons. The zero-order valence-corrected chi connectivity index (χ0v) is 20.6. The minimum atomic E-state index is -5.17. The topological polar surface area (TPSA) is 108 Å². The first-order chi connectivity index (χ1) is 17.1. The van der Waals surface area contributed by atoms with Gasteiger partial charge in [0.15, 0.2) is 5.82 Å². The standard InChI is InChI=1S/C23H14ClF5N4O3S/c1-22(2,3)36-21(35)33-19-10(7-30)13-8(4-5-12(25)17(13)37-19)14-11(23(27,28)29)6-9-16(15(14)26)31-20(24)32-18(9)34/h4-6H,1-3H3,(H,33,35)(H,31,32,34). The number of nitriles is 1. The molecule has 0 bridgehead atoms. The highest BCUT2D eigenvalue weighted by molar-refractivity contribution is 7.23. The number of alkyl halides is 3. The number of amides is 1. The average Bonchev–Trinajstić information content (AvgIpc) is 3.11. The number of ether oxygens (including phenoxy) is 1. The van der Waals surface area contributed by atoms with E-state index in [4.69, 9.17) is 16.3 Å². The van der Waals surface area contributed by atoms with Crippen LogP contribution in [0, 0.1) is 23.0 Å². The molecular formula is C23H14ClF5N4O3S. The number of aromatic amines is 1. The molecule has 2 N–H and O–H groups in total. The molecule has 14 heteroatoms. The molecule has 0 atom stereocenters. The molecule has 0 fully saturated rings. The van der Waals surface area contributed by atoms with Crippen molar-refractivity contribution in [3.8, 4) is 17.2 Å². The number of nitrogens with one attached hydrogen (secondary N) is 2. The third-order valence-electron chi connectivity index (χ3n) is 5.00. The van der Waals surface area contributed by atoms with E-state index in [-0.39, 0.29) is 15.1 Å². The van der Waals surface area contributed by atoms with Gasteiger partial charge in [0.25, 0.3) is 5.56 Å². The minimum absolute atomic E-state index is 0.217. The lowest BCUT2D eigenvalue weighted by Crippen LogP contribution is -2.27. The van der Waals surface area contributed by atoms with Crippen LogP contribution in [0.5, 0.6) is 0 Å². The number of rotatable bonds is 2. The maximum Gasteiger partial charge on any atom is 0.417 e. The van der Waals surface area contributed by atoms with Crippen LogP contribution in [0.1, 0.15) is 31.9 Å². The number of hydrogen-bond acceptors (Lipinski definition) is 6. The molecule has 2 aromatic carbocycles. The smallest absolute Gasteiger partial charge is 0.417 e. The van der Waals surface area contributed by atoms with Crippen LogP contribution >= 0.6 is 22.9 Å². The first kappa shape index (κ1) is 26.3. The van der Waals surface area contributed by atoms with Crippen molar-refractivity contribution < 1.29 is 31.5 Å². The fourth-order valence-electron chi connectivity index (χ4n) is 3.67. The van der Waals surface area contributed by atoms with Crippen molar-refractivity contribution in [3.05, 3.63) is 56.6 Å². The van der Waals surface area contributed by atoms with Crippen LogP contribution in [0.3, 0.4) is 0 Å². The van der Waals surface area contributed by atoms with E-state index >= 15 is 4.39 Å². The highest BCUT2D eigenvalue weighted by atomic mass is 35.5. The molecule has 0 aliphatic heterocycles. The van der Waals surface area contributed by atoms with E-state index in [1.165, 1.54) is 0 Å². The minimum Gasteiger partial charge on any atom is -0.444 e. The van der Waals surface area contributed by atoms with Crippen molar-refractivity contribution in [1.82, 2.24) is 9.97 Å². The fraction of sp³-hybridized carbons (Fsp3) is 0.217. The summed E-state index contributed by atoms with van der Waals surface area (Å²) in [6.45, 7) is 4.73. The number of benzene rings is 2. The van der Waals surface area contributed by atoms with Gasteiger partial charge in [0.05, 0.1) is 21.2 Å². The van der Waals surface area contributed by atoms with Gasteiger partial charge in [-0.3, -0.25) is 15.1 Å². The predicted octanol–water partition coefficient (Wildman–Crippen LogP) is 6.97. The number of carbonyl (C=O) groups excluding carboxylic acids is 1. The van der Waals surface area contributed by atoms with Crippen molar-refractivity contribution in [1.29, 1.82) is 5.26 Å². The van der Waals surface area contributed by atoms with Crippen LogP contribution in [0.4, 0.5) is 31.7 Å². The summed E-state index contributed by atoms with van der Waals surface area (Å²) >= 11 is 6.25. The van der Waals surface area contributed by atoms with Gasteiger partial charge in [0.1, 0.15) is 28.0 Å². The van der Waals surface area contributed by atoms with E-state index in [1.54, 1.807) is 26.8 Å². The molecule has 0 aliphatic carbocycles. The molecule has 4 rings (SSSR count). The Hall–Kier alpha value is -3.76. The Morgan fingerprint density at radius 2 is 1.92 bits per heavy atom. The van der Waals surface area contributed by atoms with Gasteiger partial charge in [-0.25, -0.2) is 18.6 Å². The molecule has 0 spiro atoms. The lowest BCUT2D eigenvalue weighted by atomic mass is 9.92. The van der Waals surface area contributed by atoms with Gasteiger partial charge in [0, 0.05) is 10.9 Å². The molecule has 2 heterocycles. The first-order valence-corrected chi connectivity index (χ1v) is 11.5. The Bertz CT molecular complexity index is 1700. The molecule has 0 unspecified atom stereocenters. The second-order valence-electron chi connectivity index (χ2n) is 8.71. The molecule has 4 aromatic rings. The Kier molecular flexibility index (Phi) is 6.37. The molecule has 0 saturated heterocycles. The zero-order chi connectivity index (χ0) is 27.4. The molecule has 192 valence electrons. The SMILES string of the molecule is CC(C)(C)OC(=O)Nc1sc2c(F)ccc(-c3c(C(F)(F)F)cc4c(=O)[nH]c(Cl)nc4c3F)c2c1C#N. The predicted molar refractivity (Wildman–Crippen MR) is 128 cm³/mol. The normalized spacial score (nSPS) is 12.1. The first-order valence-electron chi connectivity index (χ1n) is 10.3. The van der Waals surface area contributed by atoms with Gasteiger partial charge in [-0.2, -0.15) is 18.4 Å². The maximum absolute atomic E-state index is 15.7. The van der Waals surface area contributed by atoms with E-state index < -0.39 is 73.5 Å². The van der Waals surface area contributed by atoms with E-state index in [0.717, 1.165) is 12.1 Å². The lowest BCUT2D eigenvalue weighted by molar-refractivity contribution is -0.137. The number of thiophene rings is 1. The van der Waals surface area contributed by atoms with Crippen LogP contribution in [0.2, 0.25) is 5.28 Å². The Balaban J connectivity index is 2.09. The molecule has 37 heavy (non-hydrogen) atoms. The van der Waals surface area contributed by atoms with E-state index in [1.807, 2.05) is 4.98 Å². The lowest BCUT2D eigenvalue weighted by Gasteiger charge is -2.19. The maximum atomic E-state index is 15.7. The van der Waals surface area contributed by atoms with Crippen molar-refractivity contribution in [2.75, 3.05) is 5.32 Å². The Morgan fingerprint density at radius 1 is 1.24 bits per heavy atom. The quantitative estimate of drug-likeness (QED) is 0.205. The number of H-pyrrole nitrogens is 1. The summed E-state index contributed by atoms with van der Waals surface area (Å²) in [6, 6.07) is 3.81. The van der Waals surface area contributed by atoms with Gasteiger partial charge >= 0.3 is 12.3 Å². The van der Waals surface area contributed by atoms with E-state index in [9.17, 15) is 32.4 Å². The summed E-state index contributed by atoms with van der Waals surface area (Å²) < 4.78 is 77.7. The van der Waals surface area contributed by atoms with Crippen molar-refractivity contribution >= 4 is 55.0 Å². The number of halogens is 6. The molecule has 0 saturated carbocycles. The number of anilines is 1. The number of fused-ring (bicyclic) bond motifs is 2. The summed E-state index contributed by atoms with van der Waals surface area (Å²) in [5.74, 6) is -2.48. The van der Waals surface area contributed by atoms with Gasteiger partial charge in [0.2, 0.25) is 5.28 Å². The molecule has 7 nitrogen and oxygen atoms in total. The summed E-state index contributed by atoms with van der Waals surface area (Å²) in [7, 11) is 0. The van der Waals surface area contributed by atoms with Crippen LogP contribution in [0.15, 0.2) is 23.0 Å². The van der Waals surface area contributed by atoms with Crippen LogP contribution < -0.4 is 10.9 Å². The second-order valence-corrected chi connectivity index (χ2v) is 10.1. The van der Waals surface area contributed by atoms with Gasteiger partial charge in [-0.15, -0.1) is 11.3 Å². The zero-order valence-electron chi connectivity index (χ0n) is 19.0. The van der Waals surface area contributed by atoms with E-state index in [2.05, 4.69) is 10.3 Å². The monoisotopic (exact) mass is 556 g/mol. The fourth-order valence-corrected chi connectivity index (χ4v) is 4.91. The van der Waals surface area contributed by atoms with Crippen LogP contribution in [-0.4, -0.2) is 21.7 Å². The third kappa shape index (κ3) is 4.82. The Labute approximate surface area is 213 Å². The highest BCUT2D eigenvalue weighted by Crippen LogP contribution is 2.47. The van der Waals surface area contributed by atoms with Crippen molar-refractivity contribution in [3.63, 3.8) is 0 Å². The van der Waals surface area contributed by atoms with Gasteiger partial charge in [-0.05, 0) is 50.1 Å². The Morgan fingerprint density at radius 3 is 2.51 bits per heavy atom. The number of aromatic nitrogens is 2. The largest absolute Gasteiger partial charge is 0.444 e. The second kappa shape index (κ2) is 8.97. The molecule has 2 aromatic heterocycles. The van der Waals surface area contributed by atoms with Gasteiger partial charge < -0.3 is 4.74 Å². The molecule has 0 aliphatic rings. The van der Waals surface area contributed by atoms with E-state index in [0.29, 0.717) is 17.4 Å². The summed E-state index contributed by atoms with van der Waals surface area (Å²) in [5, 5.41) is 10.2. The third-order valence-corrected chi connectivity index (χ3v) is 6.30. The molecule has 1 amide bonds. The summed E-state index contributed by atoms with van der Waals surface area (Å²) in [4.78, 5) is 30.1. The molecular weight excluding hydrogens is 543 g/mol. The van der Waals surface area contributed by atoms with Crippen LogP contribution in [-0.2, 0) is 10.9 Å². The summed E-state index contributed by atoms with van der Waals surface area (Å²) in [6.07, 6.45) is -6.17. The summed E-state index contributed by atoms with van der Waals surface area (Å²) in [5.41, 5.74) is -6.33.